The smallest absolute Gasteiger partial charge is 0.328 e. The molecule has 1 aliphatic rings. The molecule has 6 nitrogen and oxygen atoms in total. The first-order chi connectivity index (χ1) is 10.9. The molecule has 2 aromatic rings. The van der Waals surface area contributed by atoms with Gasteiger partial charge in [0.15, 0.2) is 0 Å². The zero-order valence-electron chi connectivity index (χ0n) is 11.4. The number of barbiturate groups is 1. The Morgan fingerprint density at radius 2 is 1.61 bits per heavy atom. The van der Waals surface area contributed by atoms with Gasteiger partial charge in [0.25, 0.3) is 11.8 Å². The average Bonchev–Trinajstić information content (AvgIpc) is 2.94. The van der Waals surface area contributed by atoms with Crippen LogP contribution in [0.3, 0.4) is 0 Å². The minimum atomic E-state index is -0.854. The molecule has 1 fully saturated rings. The standard InChI is InChI=1S/C15H8Cl2N2O4/c16-10-3-1-7(5-11(10)17)12-4-2-8(23-12)6-9-13(20)18-15(22)19-14(9)21/h1-6H,(H2,18,19,20,21,22). The van der Waals surface area contributed by atoms with Crippen LogP contribution in [-0.2, 0) is 9.59 Å². The molecule has 2 heterocycles. The molecular formula is C15H8Cl2N2O4. The van der Waals surface area contributed by atoms with Crippen LogP contribution in [0.25, 0.3) is 17.4 Å². The molecule has 0 saturated carbocycles. The first-order valence-electron chi connectivity index (χ1n) is 6.37. The second kappa shape index (κ2) is 5.91. The van der Waals surface area contributed by atoms with Crippen molar-refractivity contribution in [2.75, 3.05) is 0 Å². The molecule has 116 valence electrons. The van der Waals surface area contributed by atoms with Gasteiger partial charge in [0.1, 0.15) is 17.1 Å². The van der Waals surface area contributed by atoms with Gasteiger partial charge in [-0.15, -0.1) is 0 Å². The quantitative estimate of drug-likeness (QED) is 0.643. The lowest BCUT2D eigenvalue weighted by Gasteiger charge is -2.13. The number of imide groups is 2. The molecule has 0 bridgehead atoms. The SMILES string of the molecule is O=C1NC(=O)C(=Cc2ccc(-c3ccc(Cl)c(Cl)c3)o2)C(=O)N1. The van der Waals surface area contributed by atoms with Crippen molar-refractivity contribution in [2.45, 2.75) is 0 Å². The second-order valence-electron chi connectivity index (χ2n) is 4.63. The molecule has 1 aromatic heterocycles. The molecule has 2 N–H and O–H groups in total. The number of nitrogens with one attached hydrogen (secondary N) is 2. The Morgan fingerprint density at radius 3 is 2.26 bits per heavy atom. The Morgan fingerprint density at radius 1 is 0.913 bits per heavy atom. The fourth-order valence-electron chi connectivity index (χ4n) is 1.98. The van der Waals surface area contributed by atoms with E-state index in [4.69, 9.17) is 27.6 Å². The highest BCUT2D eigenvalue weighted by atomic mass is 35.5. The summed E-state index contributed by atoms with van der Waals surface area (Å²) in [5.41, 5.74) is 0.469. The van der Waals surface area contributed by atoms with Crippen LogP contribution < -0.4 is 10.6 Å². The average molecular weight is 351 g/mol. The van der Waals surface area contributed by atoms with Gasteiger partial charge in [-0.05, 0) is 36.4 Å². The van der Waals surface area contributed by atoms with Crippen LogP contribution in [0.1, 0.15) is 5.76 Å². The summed E-state index contributed by atoms with van der Waals surface area (Å²) in [5, 5.41) is 4.76. The highest BCUT2D eigenvalue weighted by Gasteiger charge is 2.28. The van der Waals surface area contributed by atoms with Crippen molar-refractivity contribution in [1.82, 2.24) is 10.6 Å². The molecule has 4 amide bonds. The van der Waals surface area contributed by atoms with E-state index in [1.54, 1.807) is 30.3 Å². The number of urea groups is 1. The van der Waals surface area contributed by atoms with E-state index in [2.05, 4.69) is 0 Å². The van der Waals surface area contributed by atoms with Crippen molar-refractivity contribution in [3.63, 3.8) is 0 Å². The Labute approximate surface area is 140 Å². The van der Waals surface area contributed by atoms with Crippen molar-refractivity contribution in [1.29, 1.82) is 0 Å². The van der Waals surface area contributed by atoms with E-state index >= 15 is 0 Å². The molecular weight excluding hydrogens is 343 g/mol. The van der Waals surface area contributed by atoms with Gasteiger partial charge in [-0.2, -0.15) is 0 Å². The van der Waals surface area contributed by atoms with E-state index in [-0.39, 0.29) is 11.3 Å². The maximum Gasteiger partial charge on any atom is 0.328 e. The molecule has 3 rings (SSSR count). The second-order valence-corrected chi connectivity index (χ2v) is 5.44. The van der Waals surface area contributed by atoms with Gasteiger partial charge in [0, 0.05) is 5.56 Å². The number of halogens is 2. The van der Waals surface area contributed by atoms with Crippen LogP contribution in [0.15, 0.2) is 40.3 Å². The van der Waals surface area contributed by atoms with Crippen molar-refractivity contribution in [2.24, 2.45) is 0 Å². The fourth-order valence-corrected chi connectivity index (χ4v) is 2.28. The van der Waals surface area contributed by atoms with E-state index < -0.39 is 17.8 Å². The topological polar surface area (TPSA) is 88.4 Å². The first kappa shape index (κ1) is 15.3. The normalized spacial score (nSPS) is 14.5. The van der Waals surface area contributed by atoms with Crippen LogP contribution in [0.4, 0.5) is 4.79 Å². The first-order valence-corrected chi connectivity index (χ1v) is 7.13. The molecule has 1 saturated heterocycles. The van der Waals surface area contributed by atoms with Gasteiger partial charge in [-0.3, -0.25) is 20.2 Å². The number of rotatable bonds is 2. The van der Waals surface area contributed by atoms with Gasteiger partial charge < -0.3 is 4.42 Å². The Bertz CT molecular complexity index is 848. The summed E-state index contributed by atoms with van der Waals surface area (Å²) in [6.45, 7) is 0. The van der Waals surface area contributed by atoms with Crippen LogP contribution in [0.5, 0.6) is 0 Å². The Hall–Kier alpha value is -2.57. The molecule has 1 aromatic carbocycles. The van der Waals surface area contributed by atoms with Gasteiger partial charge in [-0.1, -0.05) is 23.2 Å². The summed E-state index contributed by atoms with van der Waals surface area (Å²) in [5.74, 6) is -0.804. The monoisotopic (exact) mass is 350 g/mol. The van der Waals surface area contributed by atoms with E-state index in [0.29, 0.717) is 21.4 Å². The van der Waals surface area contributed by atoms with Crippen LogP contribution in [0, 0.1) is 0 Å². The molecule has 0 unspecified atom stereocenters. The van der Waals surface area contributed by atoms with Crippen molar-refractivity contribution < 1.29 is 18.8 Å². The number of carbonyl (C=O) groups is 3. The highest BCUT2D eigenvalue weighted by Crippen LogP contribution is 2.30. The summed E-state index contributed by atoms with van der Waals surface area (Å²) in [6, 6.07) is 7.39. The van der Waals surface area contributed by atoms with Crippen molar-refractivity contribution >= 4 is 47.1 Å². The Kier molecular flexibility index (Phi) is 3.94. The van der Waals surface area contributed by atoms with Crippen molar-refractivity contribution in [3.8, 4) is 11.3 Å². The molecule has 0 radical (unpaired) electrons. The number of hydrogen-bond donors (Lipinski definition) is 2. The molecule has 1 aliphatic heterocycles. The number of furan rings is 1. The largest absolute Gasteiger partial charge is 0.457 e. The van der Waals surface area contributed by atoms with E-state index in [1.165, 1.54) is 6.08 Å². The molecule has 0 aliphatic carbocycles. The van der Waals surface area contributed by atoms with Gasteiger partial charge in [-0.25, -0.2) is 4.79 Å². The van der Waals surface area contributed by atoms with Crippen molar-refractivity contribution in [3.05, 3.63) is 51.7 Å². The van der Waals surface area contributed by atoms with E-state index in [1.807, 2.05) is 10.6 Å². The third-order valence-electron chi connectivity index (χ3n) is 3.06. The van der Waals surface area contributed by atoms with Crippen LogP contribution in [0.2, 0.25) is 10.0 Å². The lowest BCUT2D eigenvalue weighted by molar-refractivity contribution is -0.123. The lowest BCUT2D eigenvalue weighted by atomic mass is 10.1. The lowest BCUT2D eigenvalue weighted by Crippen LogP contribution is -2.51. The highest BCUT2D eigenvalue weighted by molar-refractivity contribution is 6.42. The zero-order valence-corrected chi connectivity index (χ0v) is 12.9. The summed E-state index contributed by atoms with van der Waals surface area (Å²) in [6.07, 6.45) is 1.25. The number of amides is 4. The van der Waals surface area contributed by atoms with Crippen LogP contribution >= 0.6 is 23.2 Å². The zero-order chi connectivity index (χ0) is 16.6. The molecule has 8 heteroatoms. The molecule has 23 heavy (non-hydrogen) atoms. The predicted molar refractivity (Wildman–Crippen MR) is 83.8 cm³/mol. The molecule has 0 spiro atoms. The summed E-state index contributed by atoms with van der Waals surface area (Å²) in [7, 11) is 0. The van der Waals surface area contributed by atoms with E-state index in [0.717, 1.165) is 0 Å². The maximum atomic E-state index is 11.6. The number of carbonyl (C=O) groups excluding carboxylic acids is 3. The van der Waals surface area contributed by atoms with Gasteiger partial charge >= 0.3 is 6.03 Å². The summed E-state index contributed by atoms with van der Waals surface area (Å²) in [4.78, 5) is 34.3. The van der Waals surface area contributed by atoms with Gasteiger partial charge in [0.05, 0.1) is 10.0 Å². The predicted octanol–water partition coefficient (Wildman–Crippen LogP) is 3.00. The number of benzene rings is 1. The van der Waals surface area contributed by atoms with E-state index in [9.17, 15) is 14.4 Å². The Balaban J connectivity index is 1.91. The summed E-state index contributed by atoms with van der Waals surface area (Å²) >= 11 is 11.8. The third-order valence-corrected chi connectivity index (χ3v) is 3.80. The maximum absolute atomic E-state index is 11.6. The third kappa shape index (κ3) is 3.13. The van der Waals surface area contributed by atoms with Crippen LogP contribution in [-0.4, -0.2) is 17.8 Å². The minimum absolute atomic E-state index is 0.223. The minimum Gasteiger partial charge on any atom is -0.457 e. The van der Waals surface area contributed by atoms with Gasteiger partial charge in [0.2, 0.25) is 0 Å². The molecule has 0 atom stereocenters. The number of hydrogen-bond acceptors (Lipinski definition) is 4. The summed E-state index contributed by atoms with van der Waals surface area (Å²) < 4.78 is 5.57. The fraction of sp³-hybridized carbons (Fsp3) is 0.